The summed E-state index contributed by atoms with van der Waals surface area (Å²) in [5.74, 6) is -0.272. The van der Waals surface area contributed by atoms with Gasteiger partial charge in [0.05, 0.1) is 11.6 Å². The van der Waals surface area contributed by atoms with E-state index in [0.717, 1.165) is 10.9 Å². The van der Waals surface area contributed by atoms with Crippen LogP contribution in [0.15, 0.2) is 22.7 Å². The number of carbonyl (C=O) groups is 1. The van der Waals surface area contributed by atoms with Crippen molar-refractivity contribution in [2.45, 2.75) is 27.2 Å². The van der Waals surface area contributed by atoms with Crippen molar-refractivity contribution in [3.8, 4) is 0 Å². The molecule has 1 unspecified atom stereocenters. The highest BCUT2D eigenvalue weighted by Crippen LogP contribution is 2.28. The highest BCUT2D eigenvalue weighted by Gasteiger charge is 2.24. The average Bonchev–Trinajstić information content (AvgIpc) is 2.29. The van der Waals surface area contributed by atoms with Gasteiger partial charge in [-0.05, 0) is 46.0 Å². The third kappa shape index (κ3) is 5.51. The van der Waals surface area contributed by atoms with Crippen LogP contribution in [0.1, 0.15) is 27.2 Å². The fraction of sp³-hybridized carbons (Fsp3) is 0.500. The molecule has 0 spiro atoms. The summed E-state index contributed by atoms with van der Waals surface area (Å²) in [5.41, 5.74) is 6.44. The molecule has 5 heteroatoms. The smallest absolute Gasteiger partial charge is 0.228 e. The van der Waals surface area contributed by atoms with Crippen LogP contribution < -0.4 is 11.1 Å². The van der Waals surface area contributed by atoms with Gasteiger partial charge < -0.3 is 11.1 Å². The lowest BCUT2D eigenvalue weighted by atomic mass is 9.84. The van der Waals surface area contributed by atoms with Crippen molar-refractivity contribution in [1.29, 1.82) is 0 Å². The first-order valence-corrected chi connectivity index (χ1v) is 7.36. The molecule has 1 aromatic carbocycles. The number of nitrogens with two attached hydrogens (primary N) is 1. The van der Waals surface area contributed by atoms with E-state index in [0.29, 0.717) is 17.3 Å². The zero-order valence-corrected chi connectivity index (χ0v) is 13.8. The van der Waals surface area contributed by atoms with E-state index in [2.05, 4.69) is 42.0 Å². The molecule has 0 aliphatic carbocycles. The molecule has 1 amide bonds. The van der Waals surface area contributed by atoms with Gasteiger partial charge in [-0.25, -0.2) is 0 Å². The molecule has 0 bridgehead atoms. The molecule has 1 rings (SSSR count). The Balaban J connectivity index is 2.80. The summed E-state index contributed by atoms with van der Waals surface area (Å²) in [5, 5.41) is 3.46. The molecule has 0 fully saturated rings. The van der Waals surface area contributed by atoms with E-state index >= 15 is 0 Å². The zero-order valence-electron chi connectivity index (χ0n) is 11.5. The van der Waals surface area contributed by atoms with Crippen LogP contribution in [0.3, 0.4) is 0 Å². The molecule has 1 atom stereocenters. The van der Waals surface area contributed by atoms with Crippen molar-refractivity contribution >= 4 is 39.1 Å². The fourth-order valence-electron chi connectivity index (χ4n) is 1.85. The van der Waals surface area contributed by atoms with Crippen molar-refractivity contribution in [3.05, 3.63) is 27.7 Å². The number of benzene rings is 1. The number of amides is 1. The van der Waals surface area contributed by atoms with Gasteiger partial charge in [-0.3, -0.25) is 4.79 Å². The normalized spacial score (nSPS) is 13.2. The Kier molecular flexibility index (Phi) is 5.83. The Morgan fingerprint density at radius 2 is 2.11 bits per heavy atom. The number of hydrogen-bond donors (Lipinski definition) is 2. The standard InChI is InChI=1S/C14H20BrClN2O/c1-14(2,3)7-9(8-17)13(19)18-12-6-10(16)4-5-11(12)15/h4-6,9H,7-8,17H2,1-3H3,(H,18,19). The lowest BCUT2D eigenvalue weighted by Gasteiger charge is -2.24. The van der Waals surface area contributed by atoms with E-state index in [1.54, 1.807) is 18.2 Å². The maximum Gasteiger partial charge on any atom is 0.228 e. The molecule has 3 nitrogen and oxygen atoms in total. The molecule has 0 saturated carbocycles. The van der Waals surface area contributed by atoms with E-state index in [-0.39, 0.29) is 17.2 Å². The van der Waals surface area contributed by atoms with E-state index in [4.69, 9.17) is 17.3 Å². The van der Waals surface area contributed by atoms with Gasteiger partial charge in [0.2, 0.25) is 5.91 Å². The molecular formula is C14H20BrClN2O. The van der Waals surface area contributed by atoms with Gasteiger partial charge in [-0.15, -0.1) is 0 Å². The second-order valence-corrected chi connectivity index (χ2v) is 7.10. The first kappa shape index (κ1) is 16.5. The Bertz CT molecular complexity index is 457. The van der Waals surface area contributed by atoms with Gasteiger partial charge in [0.1, 0.15) is 0 Å². The van der Waals surface area contributed by atoms with Crippen LogP contribution in [0.5, 0.6) is 0 Å². The van der Waals surface area contributed by atoms with Crippen molar-refractivity contribution in [1.82, 2.24) is 0 Å². The van der Waals surface area contributed by atoms with Crippen LogP contribution in [0.4, 0.5) is 5.69 Å². The number of carbonyl (C=O) groups excluding carboxylic acids is 1. The molecule has 0 aromatic heterocycles. The molecule has 0 saturated heterocycles. The van der Waals surface area contributed by atoms with E-state index in [9.17, 15) is 4.79 Å². The van der Waals surface area contributed by atoms with Gasteiger partial charge in [0.15, 0.2) is 0 Å². The van der Waals surface area contributed by atoms with Crippen LogP contribution in [0, 0.1) is 11.3 Å². The average molecular weight is 348 g/mol. The molecule has 106 valence electrons. The van der Waals surface area contributed by atoms with Gasteiger partial charge in [-0.1, -0.05) is 32.4 Å². The number of hydrogen-bond acceptors (Lipinski definition) is 2. The quantitative estimate of drug-likeness (QED) is 0.863. The first-order chi connectivity index (χ1) is 8.73. The summed E-state index contributed by atoms with van der Waals surface area (Å²) in [6.45, 7) is 6.62. The monoisotopic (exact) mass is 346 g/mol. The van der Waals surface area contributed by atoms with Crippen LogP contribution in [-0.2, 0) is 4.79 Å². The Morgan fingerprint density at radius 1 is 1.47 bits per heavy atom. The largest absolute Gasteiger partial charge is 0.330 e. The third-order valence-corrected chi connectivity index (χ3v) is 3.63. The van der Waals surface area contributed by atoms with Crippen LogP contribution in [0.2, 0.25) is 5.02 Å². The summed E-state index contributed by atoms with van der Waals surface area (Å²) in [6.07, 6.45) is 0.744. The minimum atomic E-state index is -0.203. The number of halogens is 2. The Labute approximate surface area is 128 Å². The maximum absolute atomic E-state index is 12.2. The lowest BCUT2D eigenvalue weighted by Crippen LogP contribution is -2.32. The summed E-state index contributed by atoms with van der Waals surface area (Å²) in [7, 11) is 0. The van der Waals surface area contributed by atoms with Crippen LogP contribution >= 0.6 is 27.5 Å². The Morgan fingerprint density at radius 3 is 2.63 bits per heavy atom. The van der Waals surface area contributed by atoms with Crippen molar-refractivity contribution in [3.63, 3.8) is 0 Å². The second kappa shape index (κ2) is 6.73. The molecule has 0 radical (unpaired) electrons. The van der Waals surface area contributed by atoms with Gasteiger partial charge in [-0.2, -0.15) is 0 Å². The minimum absolute atomic E-state index is 0.0624. The topological polar surface area (TPSA) is 55.1 Å². The van der Waals surface area contributed by atoms with Gasteiger partial charge >= 0.3 is 0 Å². The van der Waals surface area contributed by atoms with Crippen molar-refractivity contribution in [2.75, 3.05) is 11.9 Å². The molecule has 0 heterocycles. The third-order valence-electron chi connectivity index (χ3n) is 2.70. The minimum Gasteiger partial charge on any atom is -0.330 e. The molecule has 0 aliphatic heterocycles. The summed E-state index contributed by atoms with van der Waals surface area (Å²) >= 11 is 9.31. The van der Waals surface area contributed by atoms with Crippen LogP contribution in [0.25, 0.3) is 0 Å². The van der Waals surface area contributed by atoms with Gasteiger partial charge in [0.25, 0.3) is 0 Å². The van der Waals surface area contributed by atoms with E-state index in [1.165, 1.54) is 0 Å². The summed E-state index contributed by atoms with van der Waals surface area (Å²) in [4.78, 5) is 12.2. The first-order valence-electron chi connectivity index (χ1n) is 6.19. The number of rotatable bonds is 4. The molecule has 0 aliphatic rings. The molecule has 1 aromatic rings. The van der Waals surface area contributed by atoms with Gasteiger partial charge in [0, 0.05) is 16.0 Å². The summed E-state index contributed by atoms with van der Waals surface area (Å²) in [6, 6.07) is 5.28. The van der Waals surface area contributed by atoms with Crippen molar-refractivity contribution < 1.29 is 4.79 Å². The lowest BCUT2D eigenvalue weighted by molar-refractivity contribution is -0.120. The Hall–Kier alpha value is -0.580. The molecule has 3 N–H and O–H groups in total. The van der Waals surface area contributed by atoms with E-state index in [1.807, 2.05) is 0 Å². The maximum atomic E-state index is 12.2. The predicted molar refractivity (Wildman–Crippen MR) is 84.4 cm³/mol. The van der Waals surface area contributed by atoms with E-state index < -0.39 is 0 Å². The highest BCUT2D eigenvalue weighted by atomic mass is 79.9. The zero-order chi connectivity index (χ0) is 14.6. The number of anilines is 1. The SMILES string of the molecule is CC(C)(C)CC(CN)C(=O)Nc1cc(Cl)ccc1Br. The highest BCUT2D eigenvalue weighted by molar-refractivity contribution is 9.10. The fourth-order valence-corrected chi connectivity index (χ4v) is 2.37. The van der Waals surface area contributed by atoms with Crippen LogP contribution in [-0.4, -0.2) is 12.5 Å². The number of nitrogens with one attached hydrogen (secondary N) is 1. The second-order valence-electron chi connectivity index (χ2n) is 5.81. The molecule has 19 heavy (non-hydrogen) atoms. The molecular weight excluding hydrogens is 328 g/mol. The van der Waals surface area contributed by atoms with Crippen molar-refractivity contribution in [2.24, 2.45) is 17.1 Å². The summed E-state index contributed by atoms with van der Waals surface area (Å²) < 4.78 is 0.803. The predicted octanol–water partition coefficient (Wildman–Crippen LogP) is 4.05.